The van der Waals surface area contributed by atoms with Crippen LogP contribution in [0.5, 0.6) is 17.2 Å². The molecule has 0 bridgehead atoms. The predicted molar refractivity (Wildman–Crippen MR) is 94.2 cm³/mol. The molecule has 0 aromatic heterocycles. The Morgan fingerprint density at radius 2 is 1.68 bits per heavy atom. The number of carboxylic acids is 1. The van der Waals surface area contributed by atoms with E-state index in [1.54, 1.807) is 18.2 Å². The van der Waals surface area contributed by atoms with E-state index in [9.17, 15) is 9.59 Å². The molecule has 138 valence electrons. The molecule has 1 rings (SSSR count). The molecule has 25 heavy (non-hydrogen) atoms. The molecule has 0 aliphatic carbocycles. The van der Waals surface area contributed by atoms with Gasteiger partial charge in [0.25, 0.3) is 0 Å². The number of hydrogen-bond acceptors (Lipinski definition) is 5. The number of carbonyl (C=O) groups is 2. The normalized spacial score (nSPS) is 10.5. The second-order valence-electron chi connectivity index (χ2n) is 5.29. The lowest BCUT2D eigenvalue weighted by molar-refractivity contribution is -0.137. The van der Waals surface area contributed by atoms with Gasteiger partial charge in [-0.15, -0.1) is 0 Å². The number of carbonyl (C=O) groups excluding carboxylic acids is 1. The van der Waals surface area contributed by atoms with Crippen molar-refractivity contribution < 1.29 is 28.9 Å². The fraction of sp³-hybridized carbons (Fsp3) is 0.444. The van der Waals surface area contributed by atoms with Crippen LogP contribution < -0.4 is 19.5 Å². The number of hydrogen-bond donors (Lipinski definition) is 2. The molecule has 0 atom stereocenters. The highest BCUT2D eigenvalue weighted by Gasteiger charge is 2.12. The number of amides is 1. The summed E-state index contributed by atoms with van der Waals surface area (Å²) in [5, 5.41) is 11.3. The third kappa shape index (κ3) is 7.15. The molecule has 1 aromatic carbocycles. The van der Waals surface area contributed by atoms with Crippen molar-refractivity contribution in [3.05, 3.63) is 23.8 Å². The zero-order valence-corrected chi connectivity index (χ0v) is 14.8. The zero-order valence-electron chi connectivity index (χ0n) is 14.8. The van der Waals surface area contributed by atoms with Crippen LogP contribution in [0.25, 0.3) is 6.08 Å². The zero-order chi connectivity index (χ0) is 18.7. The van der Waals surface area contributed by atoms with Gasteiger partial charge in [-0.3, -0.25) is 9.59 Å². The van der Waals surface area contributed by atoms with Crippen LogP contribution in [0.3, 0.4) is 0 Å². The Hall–Kier alpha value is -2.70. The molecule has 0 unspecified atom stereocenters. The third-order valence-electron chi connectivity index (χ3n) is 3.48. The molecule has 7 nitrogen and oxygen atoms in total. The average molecular weight is 351 g/mol. The van der Waals surface area contributed by atoms with Gasteiger partial charge in [-0.1, -0.05) is 6.42 Å². The third-order valence-corrected chi connectivity index (χ3v) is 3.48. The topological polar surface area (TPSA) is 94.1 Å². The number of ether oxygens (including phenoxy) is 3. The second-order valence-corrected chi connectivity index (χ2v) is 5.29. The Morgan fingerprint density at radius 3 is 2.20 bits per heavy atom. The van der Waals surface area contributed by atoms with Crippen molar-refractivity contribution in [2.24, 2.45) is 0 Å². The molecule has 0 heterocycles. The summed E-state index contributed by atoms with van der Waals surface area (Å²) >= 11 is 0. The minimum atomic E-state index is -0.794. The number of methoxy groups -OCH3 is 3. The number of aliphatic carboxylic acids is 1. The molecular formula is C18H25NO6. The highest BCUT2D eigenvalue weighted by Crippen LogP contribution is 2.38. The molecule has 1 aromatic rings. The SMILES string of the molecule is COc1cc(/C=C/C(=O)NCCCCCC(=O)O)cc(OC)c1OC. The maximum atomic E-state index is 11.8. The second kappa shape index (κ2) is 11.0. The first kappa shape index (κ1) is 20.3. The van der Waals surface area contributed by atoms with Crippen LogP contribution in [0.2, 0.25) is 0 Å². The minimum Gasteiger partial charge on any atom is -0.493 e. The van der Waals surface area contributed by atoms with Crippen molar-refractivity contribution >= 4 is 18.0 Å². The van der Waals surface area contributed by atoms with E-state index >= 15 is 0 Å². The summed E-state index contributed by atoms with van der Waals surface area (Å²) in [4.78, 5) is 22.2. The lowest BCUT2D eigenvalue weighted by Crippen LogP contribution is -2.22. The first-order valence-corrected chi connectivity index (χ1v) is 7.99. The van der Waals surface area contributed by atoms with Crippen molar-refractivity contribution in [2.45, 2.75) is 25.7 Å². The molecule has 0 saturated heterocycles. The molecular weight excluding hydrogens is 326 g/mol. The van der Waals surface area contributed by atoms with Crippen LogP contribution >= 0.6 is 0 Å². The summed E-state index contributed by atoms with van der Waals surface area (Å²) in [7, 11) is 4.59. The summed E-state index contributed by atoms with van der Waals surface area (Å²) in [6.07, 6.45) is 5.38. The Morgan fingerprint density at radius 1 is 1.04 bits per heavy atom. The molecule has 7 heteroatoms. The van der Waals surface area contributed by atoms with Gasteiger partial charge in [0.05, 0.1) is 21.3 Å². The number of unbranched alkanes of at least 4 members (excludes halogenated alkanes) is 2. The smallest absolute Gasteiger partial charge is 0.303 e. The van der Waals surface area contributed by atoms with E-state index in [4.69, 9.17) is 19.3 Å². The maximum Gasteiger partial charge on any atom is 0.303 e. The largest absolute Gasteiger partial charge is 0.493 e. The summed E-state index contributed by atoms with van der Waals surface area (Å²) in [5.41, 5.74) is 0.742. The first-order chi connectivity index (χ1) is 12.0. The average Bonchev–Trinajstić information content (AvgIpc) is 2.61. The van der Waals surface area contributed by atoms with Crippen molar-refractivity contribution in [3.63, 3.8) is 0 Å². The van der Waals surface area contributed by atoms with Gasteiger partial charge < -0.3 is 24.6 Å². The van der Waals surface area contributed by atoms with Crippen molar-refractivity contribution in [3.8, 4) is 17.2 Å². The van der Waals surface area contributed by atoms with Gasteiger partial charge in [-0.25, -0.2) is 0 Å². The summed E-state index contributed by atoms with van der Waals surface area (Å²) in [6.45, 7) is 0.512. The van der Waals surface area contributed by atoms with Crippen LogP contribution in [0.4, 0.5) is 0 Å². The van der Waals surface area contributed by atoms with Gasteiger partial charge in [0.1, 0.15) is 0 Å². The van der Waals surface area contributed by atoms with E-state index in [0.717, 1.165) is 18.4 Å². The van der Waals surface area contributed by atoms with Gasteiger partial charge in [0.2, 0.25) is 11.7 Å². The van der Waals surface area contributed by atoms with E-state index in [0.29, 0.717) is 30.2 Å². The lowest BCUT2D eigenvalue weighted by atomic mass is 10.1. The maximum absolute atomic E-state index is 11.8. The van der Waals surface area contributed by atoms with Crippen molar-refractivity contribution in [2.75, 3.05) is 27.9 Å². The molecule has 0 saturated carbocycles. The Balaban J connectivity index is 2.54. The van der Waals surface area contributed by atoms with Crippen LogP contribution in [0, 0.1) is 0 Å². The summed E-state index contributed by atoms with van der Waals surface area (Å²) < 4.78 is 15.8. The van der Waals surface area contributed by atoms with Gasteiger partial charge >= 0.3 is 5.97 Å². The van der Waals surface area contributed by atoms with Gasteiger partial charge in [0, 0.05) is 19.0 Å². The summed E-state index contributed by atoms with van der Waals surface area (Å²) in [5.74, 6) is 0.512. The van der Waals surface area contributed by atoms with Crippen LogP contribution in [-0.4, -0.2) is 44.9 Å². The Bertz CT molecular complexity index is 587. The van der Waals surface area contributed by atoms with Gasteiger partial charge in [-0.2, -0.15) is 0 Å². The molecule has 2 N–H and O–H groups in total. The van der Waals surface area contributed by atoms with E-state index in [1.807, 2.05) is 0 Å². The molecule has 0 fully saturated rings. The minimum absolute atomic E-state index is 0.162. The predicted octanol–water partition coefficient (Wildman–Crippen LogP) is 2.49. The van der Waals surface area contributed by atoms with Crippen molar-refractivity contribution in [1.82, 2.24) is 5.32 Å². The fourth-order valence-electron chi connectivity index (χ4n) is 2.22. The van der Waals surface area contributed by atoms with Crippen LogP contribution in [0.1, 0.15) is 31.2 Å². The van der Waals surface area contributed by atoms with E-state index in [1.165, 1.54) is 27.4 Å². The standard InChI is InChI=1S/C18H25NO6/c1-23-14-11-13(12-15(24-2)18(14)25-3)8-9-16(20)19-10-6-4-5-7-17(21)22/h8-9,11-12H,4-7,10H2,1-3H3,(H,19,20)(H,21,22)/b9-8+. The van der Waals surface area contributed by atoms with Gasteiger partial charge in [0.15, 0.2) is 11.5 Å². The molecule has 0 aliphatic rings. The quantitative estimate of drug-likeness (QED) is 0.470. The fourth-order valence-corrected chi connectivity index (χ4v) is 2.22. The molecule has 0 spiro atoms. The Labute approximate surface area is 147 Å². The highest BCUT2D eigenvalue weighted by atomic mass is 16.5. The Kier molecular flexibility index (Phi) is 8.92. The lowest BCUT2D eigenvalue weighted by Gasteiger charge is -2.12. The number of nitrogens with one attached hydrogen (secondary N) is 1. The summed E-state index contributed by atoms with van der Waals surface area (Å²) in [6, 6.07) is 3.49. The first-order valence-electron chi connectivity index (χ1n) is 7.99. The van der Waals surface area contributed by atoms with Crippen LogP contribution in [0.15, 0.2) is 18.2 Å². The molecule has 0 radical (unpaired) electrons. The van der Waals surface area contributed by atoms with Crippen LogP contribution in [-0.2, 0) is 9.59 Å². The van der Waals surface area contributed by atoms with E-state index in [-0.39, 0.29) is 12.3 Å². The number of benzene rings is 1. The number of rotatable bonds is 11. The van der Waals surface area contributed by atoms with Gasteiger partial charge in [-0.05, 0) is 36.6 Å². The number of carboxylic acid groups (broad SMARTS) is 1. The van der Waals surface area contributed by atoms with E-state index in [2.05, 4.69) is 5.32 Å². The van der Waals surface area contributed by atoms with E-state index < -0.39 is 5.97 Å². The molecule has 1 amide bonds. The molecule has 0 aliphatic heterocycles. The monoisotopic (exact) mass is 351 g/mol. The van der Waals surface area contributed by atoms with Crippen molar-refractivity contribution in [1.29, 1.82) is 0 Å². The highest BCUT2D eigenvalue weighted by molar-refractivity contribution is 5.91.